The summed E-state index contributed by atoms with van der Waals surface area (Å²) in [6.07, 6.45) is 0. The molecule has 0 aliphatic rings. The Morgan fingerprint density at radius 3 is 2.29 bits per heavy atom. The van der Waals surface area contributed by atoms with Crippen molar-refractivity contribution in [3.05, 3.63) is 96.6 Å². The van der Waals surface area contributed by atoms with Crippen LogP contribution in [0.2, 0.25) is 0 Å². The fourth-order valence-electron chi connectivity index (χ4n) is 4.28. The average Bonchev–Trinajstić information content (AvgIpc) is 3.14. The van der Waals surface area contributed by atoms with Gasteiger partial charge < -0.3 is 0 Å². The van der Waals surface area contributed by atoms with Crippen LogP contribution >= 0.6 is 0 Å². The molecule has 0 amide bonds. The summed E-state index contributed by atoms with van der Waals surface area (Å²) < 4.78 is 2.31. The fourth-order valence-corrected chi connectivity index (χ4v) is 4.28. The number of hydrogen-bond donors (Lipinski definition) is 0. The first-order chi connectivity index (χ1) is 13.8. The zero-order valence-corrected chi connectivity index (χ0v) is 15.6. The van der Waals surface area contributed by atoms with Gasteiger partial charge in [-0.3, -0.25) is 4.40 Å². The minimum absolute atomic E-state index is 1.02. The van der Waals surface area contributed by atoms with E-state index < -0.39 is 0 Å². The van der Waals surface area contributed by atoms with Gasteiger partial charge >= 0.3 is 0 Å². The van der Waals surface area contributed by atoms with Crippen LogP contribution in [0.3, 0.4) is 0 Å². The highest BCUT2D eigenvalue weighted by Gasteiger charge is 2.14. The van der Waals surface area contributed by atoms with Crippen LogP contribution in [0.15, 0.2) is 91.0 Å². The SMILES string of the molecule is Cc1ccc2c3ccc(-c4ccccc4)cc3c3nc4ccccc4n3c2c1. The standard InChI is InChI=1S/C26H18N2/c1-17-11-13-21-20-14-12-19(18-7-3-2-4-8-18)16-22(20)26-27-23-9-5-6-10-24(23)28(26)25(21)15-17/h2-16H,1H3. The van der Waals surface area contributed by atoms with Crippen LogP contribution in [0.4, 0.5) is 0 Å². The Hall–Kier alpha value is -3.65. The molecule has 6 rings (SSSR count). The molecule has 132 valence electrons. The van der Waals surface area contributed by atoms with Gasteiger partial charge in [-0.05, 0) is 53.3 Å². The minimum Gasteiger partial charge on any atom is -0.292 e. The van der Waals surface area contributed by atoms with E-state index in [9.17, 15) is 0 Å². The van der Waals surface area contributed by atoms with Crippen molar-refractivity contribution in [3.63, 3.8) is 0 Å². The number of hydrogen-bond acceptors (Lipinski definition) is 1. The highest BCUT2D eigenvalue weighted by Crippen LogP contribution is 2.35. The lowest BCUT2D eigenvalue weighted by Crippen LogP contribution is -1.92. The van der Waals surface area contributed by atoms with Crippen LogP contribution in [0.25, 0.3) is 49.5 Å². The smallest absolute Gasteiger partial charge is 0.146 e. The van der Waals surface area contributed by atoms with Crippen LogP contribution in [-0.4, -0.2) is 9.38 Å². The molecule has 4 aromatic carbocycles. The van der Waals surface area contributed by atoms with E-state index in [1.807, 2.05) is 0 Å². The van der Waals surface area contributed by atoms with Crippen LogP contribution < -0.4 is 0 Å². The van der Waals surface area contributed by atoms with Crippen molar-refractivity contribution in [1.29, 1.82) is 0 Å². The molecule has 0 saturated carbocycles. The van der Waals surface area contributed by atoms with E-state index in [4.69, 9.17) is 4.98 Å². The maximum absolute atomic E-state index is 5.02. The van der Waals surface area contributed by atoms with Crippen molar-refractivity contribution in [2.45, 2.75) is 6.92 Å². The van der Waals surface area contributed by atoms with Crippen molar-refractivity contribution in [2.24, 2.45) is 0 Å². The lowest BCUT2D eigenvalue weighted by molar-refractivity contribution is 1.30. The molecule has 2 heteroatoms. The maximum atomic E-state index is 5.02. The van der Waals surface area contributed by atoms with Gasteiger partial charge in [0.1, 0.15) is 5.65 Å². The van der Waals surface area contributed by atoms with Crippen LogP contribution in [0.1, 0.15) is 5.56 Å². The van der Waals surface area contributed by atoms with Crippen molar-refractivity contribution >= 4 is 38.4 Å². The minimum atomic E-state index is 1.02. The summed E-state index contributed by atoms with van der Waals surface area (Å²) in [6, 6.07) is 32.4. The molecule has 0 atom stereocenters. The number of pyridine rings is 1. The zero-order chi connectivity index (χ0) is 18.7. The lowest BCUT2D eigenvalue weighted by atomic mass is 9.99. The number of para-hydroxylation sites is 2. The molecular weight excluding hydrogens is 340 g/mol. The third-order valence-corrected chi connectivity index (χ3v) is 5.61. The second kappa shape index (κ2) is 5.67. The van der Waals surface area contributed by atoms with Gasteiger partial charge in [0.05, 0.1) is 16.6 Å². The summed E-state index contributed by atoms with van der Waals surface area (Å²) >= 11 is 0. The highest BCUT2D eigenvalue weighted by atomic mass is 15.0. The predicted molar refractivity (Wildman–Crippen MR) is 118 cm³/mol. The first-order valence-electron chi connectivity index (χ1n) is 9.58. The van der Waals surface area contributed by atoms with Gasteiger partial charge in [-0.15, -0.1) is 0 Å². The molecule has 0 unspecified atom stereocenters. The lowest BCUT2D eigenvalue weighted by Gasteiger charge is -2.11. The van der Waals surface area contributed by atoms with E-state index in [2.05, 4.69) is 102 Å². The van der Waals surface area contributed by atoms with Crippen molar-refractivity contribution in [3.8, 4) is 11.1 Å². The number of aromatic nitrogens is 2. The Balaban J connectivity index is 1.85. The molecule has 0 N–H and O–H groups in total. The summed E-state index contributed by atoms with van der Waals surface area (Å²) in [4.78, 5) is 5.02. The monoisotopic (exact) mass is 358 g/mol. The van der Waals surface area contributed by atoms with Crippen molar-refractivity contribution in [2.75, 3.05) is 0 Å². The zero-order valence-electron chi connectivity index (χ0n) is 15.6. The first-order valence-corrected chi connectivity index (χ1v) is 9.58. The summed E-state index contributed by atoms with van der Waals surface area (Å²) in [5.74, 6) is 0. The number of imidazole rings is 1. The molecule has 0 saturated heterocycles. The van der Waals surface area contributed by atoms with Crippen LogP contribution in [-0.2, 0) is 0 Å². The van der Waals surface area contributed by atoms with E-state index >= 15 is 0 Å². The van der Waals surface area contributed by atoms with Crippen molar-refractivity contribution < 1.29 is 0 Å². The molecule has 0 aliphatic heterocycles. The van der Waals surface area contributed by atoms with Gasteiger partial charge in [-0.1, -0.05) is 66.7 Å². The molecule has 0 spiro atoms. The summed E-state index contributed by atoms with van der Waals surface area (Å²) in [6.45, 7) is 2.15. The maximum Gasteiger partial charge on any atom is 0.146 e. The van der Waals surface area contributed by atoms with Gasteiger partial charge in [0.15, 0.2) is 0 Å². The molecule has 2 nitrogen and oxygen atoms in total. The fraction of sp³-hybridized carbons (Fsp3) is 0.0385. The largest absolute Gasteiger partial charge is 0.292 e. The quantitative estimate of drug-likeness (QED) is 0.296. The van der Waals surface area contributed by atoms with E-state index in [1.54, 1.807) is 0 Å². The number of benzene rings is 4. The van der Waals surface area contributed by atoms with E-state index in [0.29, 0.717) is 0 Å². The molecule has 0 bridgehead atoms. The van der Waals surface area contributed by atoms with E-state index in [0.717, 1.165) is 16.7 Å². The molecule has 0 radical (unpaired) electrons. The Morgan fingerprint density at radius 2 is 1.39 bits per heavy atom. The van der Waals surface area contributed by atoms with Gasteiger partial charge in [0.2, 0.25) is 0 Å². The van der Waals surface area contributed by atoms with Crippen LogP contribution in [0, 0.1) is 6.92 Å². The third-order valence-electron chi connectivity index (χ3n) is 5.61. The molecule has 6 aromatic rings. The van der Waals surface area contributed by atoms with Crippen molar-refractivity contribution in [1.82, 2.24) is 9.38 Å². The number of aryl methyl sites for hydroxylation is 1. The number of rotatable bonds is 1. The Morgan fingerprint density at radius 1 is 0.607 bits per heavy atom. The number of nitrogens with zero attached hydrogens (tertiary/aromatic N) is 2. The average molecular weight is 358 g/mol. The predicted octanol–water partition coefficient (Wildman–Crippen LogP) is 6.77. The first kappa shape index (κ1) is 15.4. The molecule has 0 fully saturated rings. The van der Waals surface area contributed by atoms with Gasteiger partial charge in [0.25, 0.3) is 0 Å². The topological polar surface area (TPSA) is 17.3 Å². The summed E-state index contributed by atoms with van der Waals surface area (Å²) in [5.41, 5.74) is 8.11. The Kier molecular flexibility index (Phi) is 3.12. The third kappa shape index (κ3) is 2.12. The normalized spacial score (nSPS) is 11.8. The second-order valence-electron chi connectivity index (χ2n) is 7.41. The Bertz CT molecular complexity index is 1510. The van der Waals surface area contributed by atoms with Crippen LogP contribution in [0.5, 0.6) is 0 Å². The van der Waals surface area contributed by atoms with Gasteiger partial charge in [-0.2, -0.15) is 0 Å². The summed E-state index contributed by atoms with van der Waals surface area (Å²) in [5, 5.41) is 3.70. The summed E-state index contributed by atoms with van der Waals surface area (Å²) in [7, 11) is 0. The van der Waals surface area contributed by atoms with Gasteiger partial charge in [0, 0.05) is 10.8 Å². The van der Waals surface area contributed by atoms with E-state index in [-0.39, 0.29) is 0 Å². The molecule has 2 heterocycles. The van der Waals surface area contributed by atoms with E-state index in [1.165, 1.54) is 38.4 Å². The highest BCUT2D eigenvalue weighted by molar-refractivity contribution is 6.14. The number of fused-ring (bicyclic) bond motifs is 8. The molecular formula is C26H18N2. The Labute approximate surface area is 162 Å². The second-order valence-corrected chi connectivity index (χ2v) is 7.41. The molecule has 28 heavy (non-hydrogen) atoms. The molecule has 0 aliphatic carbocycles. The molecule has 2 aromatic heterocycles. The van der Waals surface area contributed by atoms with Gasteiger partial charge in [-0.25, -0.2) is 4.98 Å².